The Morgan fingerprint density at radius 1 is 1.23 bits per heavy atom. The normalized spacial score (nSPS) is 23.0. The van der Waals surface area contributed by atoms with E-state index in [-0.39, 0.29) is 29.5 Å². The third kappa shape index (κ3) is 3.94. The molecule has 3 amide bonds. The number of amides is 3. The lowest BCUT2D eigenvalue weighted by Gasteiger charge is -2.34. The molecule has 0 unspecified atom stereocenters. The van der Waals surface area contributed by atoms with Crippen LogP contribution in [0, 0.1) is 0 Å². The molecule has 30 heavy (non-hydrogen) atoms. The number of fused-ring (bicyclic) bond motifs is 1. The summed E-state index contributed by atoms with van der Waals surface area (Å²) < 4.78 is 5.15. The van der Waals surface area contributed by atoms with Crippen molar-refractivity contribution in [1.82, 2.24) is 15.5 Å². The average Bonchev–Trinajstić information content (AvgIpc) is 3.18. The fourth-order valence-corrected chi connectivity index (χ4v) is 4.00. The molecule has 0 radical (unpaired) electrons. The van der Waals surface area contributed by atoms with Crippen LogP contribution >= 0.6 is 0 Å². The maximum atomic E-state index is 12.9. The molecule has 3 atom stereocenters. The molecular formula is C22H23N3O5. The quantitative estimate of drug-likeness (QED) is 0.678. The van der Waals surface area contributed by atoms with Crippen LogP contribution in [0.2, 0.25) is 0 Å². The zero-order valence-electron chi connectivity index (χ0n) is 16.5. The summed E-state index contributed by atoms with van der Waals surface area (Å²) in [7, 11) is 1.53. The molecule has 3 N–H and O–H groups in total. The molecule has 2 aromatic rings. The summed E-state index contributed by atoms with van der Waals surface area (Å²) in [6, 6.07) is 11.8. The molecule has 0 bridgehead atoms. The number of piperazine rings is 1. The van der Waals surface area contributed by atoms with Crippen molar-refractivity contribution in [3.05, 3.63) is 59.7 Å². The van der Waals surface area contributed by atoms with Crippen LogP contribution in [0.1, 0.15) is 22.3 Å². The number of carbonyl (C=O) groups excluding carboxylic acids is 3. The number of rotatable bonds is 5. The maximum absolute atomic E-state index is 12.9. The number of phenols is 1. The van der Waals surface area contributed by atoms with Gasteiger partial charge in [0, 0.05) is 24.6 Å². The van der Waals surface area contributed by atoms with Crippen LogP contribution < -0.4 is 15.4 Å². The molecule has 8 heteroatoms. The Kier molecular flexibility index (Phi) is 5.31. The first-order valence-electron chi connectivity index (χ1n) is 9.78. The summed E-state index contributed by atoms with van der Waals surface area (Å²) in [5.74, 6) is 0.0830. The van der Waals surface area contributed by atoms with Crippen LogP contribution in [0.15, 0.2) is 48.5 Å². The first-order chi connectivity index (χ1) is 14.4. The van der Waals surface area contributed by atoms with Gasteiger partial charge in [-0.15, -0.1) is 0 Å². The van der Waals surface area contributed by atoms with Crippen molar-refractivity contribution in [2.24, 2.45) is 0 Å². The van der Waals surface area contributed by atoms with Crippen molar-refractivity contribution in [2.75, 3.05) is 13.7 Å². The molecule has 2 aromatic carbocycles. The number of aromatic hydroxyl groups is 1. The van der Waals surface area contributed by atoms with E-state index in [0.717, 1.165) is 5.56 Å². The zero-order chi connectivity index (χ0) is 21.3. The summed E-state index contributed by atoms with van der Waals surface area (Å²) in [6.07, 6.45) is 0.716. The lowest BCUT2D eigenvalue weighted by molar-refractivity contribution is -0.147. The fourth-order valence-electron chi connectivity index (χ4n) is 4.00. The van der Waals surface area contributed by atoms with Crippen LogP contribution in [0.4, 0.5) is 0 Å². The van der Waals surface area contributed by atoms with E-state index in [0.29, 0.717) is 30.7 Å². The van der Waals surface area contributed by atoms with Gasteiger partial charge in [-0.3, -0.25) is 14.4 Å². The molecule has 2 aliphatic rings. The summed E-state index contributed by atoms with van der Waals surface area (Å²) in [5.41, 5.74) is 1.30. The second kappa shape index (κ2) is 8.06. The van der Waals surface area contributed by atoms with E-state index in [1.54, 1.807) is 53.4 Å². The molecule has 0 saturated carbocycles. The number of nitrogens with one attached hydrogen (secondary N) is 2. The molecule has 2 fully saturated rings. The summed E-state index contributed by atoms with van der Waals surface area (Å²) in [4.78, 5) is 39.7. The molecule has 2 saturated heterocycles. The van der Waals surface area contributed by atoms with Crippen molar-refractivity contribution >= 4 is 17.7 Å². The van der Waals surface area contributed by atoms with Crippen molar-refractivity contribution in [3.8, 4) is 11.5 Å². The van der Waals surface area contributed by atoms with Gasteiger partial charge in [-0.1, -0.05) is 18.2 Å². The minimum atomic E-state index is -0.661. The summed E-state index contributed by atoms with van der Waals surface area (Å²) in [6.45, 7) is 0.290. The van der Waals surface area contributed by atoms with E-state index in [2.05, 4.69) is 10.6 Å². The number of carbonyl (C=O) groups is 3. The van der Waals surface area contributed by atoms with Gasteiger partial charge in [0.25, 0.3) is 5.91 Å². The molecule has 4 rings (SSSR count). The SMILES string of the molecule is COc1cccc(C(=O)N[C@H]2C[C@H]3C(=O)N[C@H](Cc4ccc(O)cc4)C(=O)N3C2)c1. The molecule has 0 aliphatic carbocycles. The minimum absolute atomic E-state index is 0.145. The Balaban J connectivity index is 1.42. The lowest BCUT2D eigenvalue weighted by atomic mass is 10.0. The first kappa shape index (κ1) is 19.8. The van der Waals surface area contributed by atoms with Crippen LogP contribution in [0.25, 0.3) is 0 Å². The predicted octanol–water partition coefficient (Wildman–Crippen LogP) is 0.841. The van der Waals surface area contributed by atoms with Crippen LogP contribution in [0.5, 0.6) is 11.5 Å². The van der Waals surface area contributed by atoms with Gasteiger partial charge < -0.3 is 25.4 Å². The second-order valence-electron chi connectivity index (χ2n) is 7.58. The van der Waals surface area contributed by atoms with E-state index < -0.39 is 12.1 Å². The molecule has 8 nitrogen and oxygen atoms in total. The van der Waals surface area contributed by atoms with Crippen molar-refractivity contribution in [1.29, 1.82) is 0 Å². The number of benzene rings is 2. The number of phenolic OH excluding ortho intramolecular Hbond substituents is 1. The van der Waals surface area contributed by atoms with Gasteiger partial charge in [0.15, 0.2) is 0 Å². The van der Waals surface area contributed by atoms with Gasteiger partial charge in [0.1, 0.15) is 23.6 Å². The first-order valence-corrected chi connectivity index (χ1v) is 9.78. The summed E-state index contributed by atoms with van der Waals surface area (Å²) >= 11 is 0. The second-order valence-corrected chi connectivity index (χ2v) is 7.58. The highest BCUT2D eigenvalue weighted by Gasteiger charge is 2.46. The number of ether oxygens (including phenoxy) is 1. The minimum Gasteiger partial charge on any atom is -0.508 e. The smallest absolute Gasteiger partial charge is 0.251 e. The van der Waals surface area contributed by atoms with Crippen LogP contribution in [-0.2, 0) is 16.0 Å². The average molecular weight is 409 g/mol. The largest absolute Gasteiger partial charge is 0.508 e. The van der Waals surface area contributed by atoms with Crippen LogP contribution in [0.3, 0.4) is 0 Å². The number of hydrogen-bond donors (Lipinski definition) is 3. The van der Waals surface area contributed by atoms with Gasteiger partial charge in [0.2, 0.25) is 11.8 Å². The van der Waals surface area contributed by atoms with E-state index in [4.69, 9.17) is 4.74 Å². The molecule has 0 aromatic heterocycles. The van der Waals surface area contributed by atoms with Gasteiger partial charge in [-0.2, -0.15) is 0 Å². The highest BCUT2D eigenvalue weighted by atomic mass is 16.5. The van der Waals surface area contributed by atoms with E-state index in [1.165, 1.54) is 7.11 Å². The van der Waals surface area contributed by atoms with Crippen LogP contribution in [-0.4, -0.2) is 59.5 Å². The number of hydrogen-bond acceptors (Lipinski definition) is 5. The number of methoxy groups -OCH3 is 1. The lowest BCUT2D eigenvalue weighted by Crippen LogP contribution is -2.61. The fraction of sp³-hybridized carbons (Fsp3) is 0.318. The van der Waals surface area contributed by atoms with Crippen molar-refractivity contribution in [3.63, 3.8) is 0 Å². The van der Waals surface area contributed by atoms with Crippen molar-refractivity contribution < 1.29 is 24.2 Å². The highest BCUT2D eigenvalue weighted by molar-refractivity contribution is 5.98. The van der Waals surface area contributed by atoms with Gasteiger partial charge in [-0.25, -0.2) is 0 Å². The standard InChI is InChI=1S/C22H23N3O5/c1-30-17-4-2-3-14(10-17)20(27)23-15-11-19-21(28)24-18(22(29)25(19)12-15)9-13-5-7-16(26)8-6-13/h2-8,10,15,18-19,26H,9,11-12H2,1H3,(H,23,27)(H,24,28)/t15-,18+,19-/m0/s1. The monoisotopic (exact) mass is 409 g/mol. The topological polar surface area (TPSA) is 108 Å². The summed E-state index contributed by atoms with van der Waals surface area (Å²) in [5, 5.41) is 15.1. The Morgan fingerprint density at radius 3 is 2.73 bits per heavy atom. The Hall–Kier alpha value is -3.55. The predicted molar refractivity (Wildman–Crippen MR) is 108 cm³/mol. The highest BCUT2D eigenvalue weighted by Crippen LogP contribution is 2.25. The molecular weight excluding hydrogens is 386 g/mol. The number of nitrogens with zero attached hydrogens (tertiary/aromatic N) is 1. The van der Waals surface area contributed by atoms with E-state index in [9.17, 15) is 19.5 Å². The van der Waals surface area contributed by atoms with Gasteiger partial charge in [0.05, 0.1) is 7.11 Å². The molecule has 2 aliphatic heterocycles. The van der Waals surface area contributed by atoms with Gasteiger partial charge >= 0.3 is 0 Å². The third-order valence-electron chi connectivity index (χ3n) is 5.54. The maximum Gasteiger partial charge on any atom is 0.251 e. The Labute approximate surface area is 173 Å². The van der Waals surface area contributed by atoms with Crippen molar-refractivity contribution in [2.45, 2.75) is 31.0 Å². The van der Waals surface area contributed by atoms with E-state index in [1.807, 2.05) is 0 Å². The zero-order valence-corrected chi connectivity index (χ0v) is 16.5. The molecule has 0 spiro atoms. The molecule has 2 heterocycles. The third-order valence-corrected chi connectivity index (χ3v) is 5.54. The Bertz CT molecular complexity index is 975. The van der Waals surface area contributed by atoms with Gasteiger partial charge in [-0.05, 0) is 42.3 Å². The Morgan fingerprint density at radius 2 is 2.00 bits per heavy atom. The van der Waals surface area contributed by atoms with E-state index >= 15 is 0 Å². The molecule has 156 valence electrons.